The Bertz CT molecular complexity index is 369. The summed E-state index contributed by atoms with van der Waals surface area (Å²) < 4.78 is 5.19. The Morgan fingerprint density at radius 3 is 3.00 bits per heavy atom. The van der Waals surface area contributed by atoms with E-state index in [0.717, 1.165) is 6.42 Å². The number of carbonyl (C=O) groups excluding carboxylic acids is 1. The zero-order valence-electron chi connectivity index (χ0n) is 10.3. The van der Waals surface area contributed by atoms with Crippen molar-refractivity contribution < 1.29 is 9.53 Å². The van der Waals surface area contributed by atoms with Gasteiger partial charge in [0.1, 0.15) is 0 Å². The lowest BCUT2D eigenvalue weighted by Gasteiger charge is -2.18. The lowest BCUT2D eigenvalue weighted by Crippen LogP contribution is -2.27. The topological polar surface area (TPSA) is 68.5 Å². The Kier molecular flexibility index (Phi) is 5.42. The molecule has 2 N–H and O–H groups in total. The molecule has 0 spiro atoms. The highest BCUT2D eigenvalue weighted by Gasteiger charge is 2.12. The Hall–Kier alpha value is -1.62. The number of nitrogens with zero attached hydrogens (tertiary/aromatic N) is 2. The zero-order chi connectivity index (χ0) is 12.7. The van der Waals surface area contributed by atoms with Crippen LogP contribution in [0.15, 0.2) is 18.5 Å². The lowest BCUT2D eigenvalue weighted by atomic mass is 10.2. The number of rotatable bonds is 6. The van der Waals surface area contributed by atoms with Gasteiger partial charge in [0.05, 0.1) is 17.6 Å². The Morgan fingerprint density at radius 1 is 1.59 bits per heavy atom. The zero-order valence-corrected chi connectivity index (χ0v) is 10.3. The molecular formula is C12H19N3O2. The summed E-state index contributed by atoms with van der Waals surface area (Å²) in [4.78, 5) is 17.3. The number of amides is 1. The van der Waals surface area contributed by atoms with E-state index < -0.39 is 0 Å². The van der Waals surface area contributed by atoms with Crippen LogP contribution in [0.3, 0.4) is 0 Å². The molecule has 1 amide bonds. The van der Waals surface area contributed by atoms with Gasteiger partial charge in [-0.25, -0.2) is 0 Å². The van der Waals surface area contributed by atoms with E-state index in [4.69, 9.17) is 10.5 Å². The number of nitrogen functional groups attached to an aromatic ring is 1. The van der Waals surface area contributed by atoms with Crippen LogP contribution in [-0.2, 0) is 9.53 Å². The van der Waals surface area contributed by atoms with Crippen molar-refractivity contribution in [2.24, 2.45) is 0 Å². The summed E-state index contributed by atoms with van der Waals surface area (Å²) in [6.45, 7) is 3.23. The summed E-state index contributed by atoms with van der Waals surface area (Å²) in [5, 5.41) is 0. The van der Waals surface area contributed by atoms with Gasteiger partial charge in [-0.15, -0.1) is 0 Å². The maximum atomic E-state index is 11.9. The molecule has 1 rings (SSSR count). The van der Waals surface area contributed by atoms with E-state index in [1.165, 1.54) is 0 Å². The minimum Gasteiger partial charge on any atom is -0.396 e. The Labute approximate surface area is 102 Å². The SMILES string of the molecule is CCOCCCC(=O)N(C)c1ccncc1N. The van der Waals surface area contributed by atoms with E-state index in [9.17, 15) is 4.79 Å². The number of carbonyl (C=O) groups is 1. The molecule has 0 saturated carbocycles. The first-order chi connectivity index (χ1) is 8.16. The molecule has 0 aliphatic rings. The molecule has 1 aromatic heterocycles. The fourth-order valence-corrected chi connectivity index (χ4v) is 1.48. The van der Waals surface area contributed by atoms with Gasteiger partial charge in [-0.3, -0.25) is 9.78 Å². The van der Waals surface area contributed by atoms with E-state index in [0.29, 0.717) is 31.0 Å². The molecule has 0 bridgehead atoms. The molecule has 0 unspecified atom stereocenters. The van der Waals surface area contributed by atoms with Crippen molar-refractivity contribution >= 4 is 17.3 Å². The van der Waals surface area contributed by atoms with Crippen LogP contribution in [0.4, 0.5) is 11.4 Å². The molecule has 5 heteroatoms. The lowest BCUT2D eigenvalue weighted by molar-refractivity contribution is -0.118. The van der Waals surface area contributed by atoms with Gasteiger partial charge in [0.15, 0.2) is 0 Å². The normalized spacial score (nSPS) is 10.2. The highest BCUT2D eigenvalue weighted by atomic mass is 16.5. The molecule has 1 aromatic rings. The van der Waals surface area contributed by atoms with Crippen LogP contribution in [0.5, 0.6) is 0 Å². The van der Waals surface area contributed by atoms with Crippen LogP contribution < -0.4 is 10.6 Å². The number of nitrogens with two attached hydrogens (primary N) is 1. The van der Waals surface area contributed by atoms with Crippen LogP contribution >= 0.6 is 0 Å². The third-order valence-corrected chi connectivity index (χ3v) is 2.45. The first-order valence-electron chi connectivity index (χ1n) is 5.70. The van der Waals surface area contributed by atoms with Crippen molar-refractivity contribution in [3.63, 3.8) is 0 Å². The van der Waals surface area contributed by atoms with Gasteiger partial charge in [-0.1, -0.05) is 0 Å². The number of hydrogen-bond donors (Lipinski definition) is 1. The molecule has 17 heavy (non-hydrogen) atoms. The number of anilines is 2. The molecule has 0 atom stereocenters. The molecule has 1 heterocycles. The molecule has 0 aromatic carbocycles. The molecule has 0 saturated heterocycles. The van der Waals surface area contributed by atoms with Gasteiger partial charge in [0.2, 0.25) is 5.91 Å². The summed E-state index contributed by atoms with van der Waals surface area (Å²) in [6, 6.07) is 1.73. The minimum atomic E-state index is 0.0302. The Balaban J connectivity index is 2.49. The van der Waals surface area contributed by atoms with Crippen LogP contribution in [0, 0.1) is 0 Å². The third-order valence-electron chi connectivity index (χ3n) is 2.45. The number of hydrogen-bond acceptors (Lipinski definition) is 4. The molecule has 94 valence electrons. The van der Waals surface area contributed by atoms with E-state index in [1.54, 1.807) is 30.4 Å². The highest BCUT2D eigenvalue weighted by molar-refractivity contribution is 5.95. The van der Waals surface area contributed by atoms with Gasteiger partial charge in [0, 0.05) is 32.9 Å². The van der Waals surface area contributed by atoms with E-state index in [1.807, 2.05) is 6.92 Å². The standard InChI is InChI=1S/C12H19N3O2/c1-3-17-8-4-5-12(16)15(2)11-6-7-14-9-10(11)13/h6-7,9H,3-5,8,13H2,1-2H3. The average Bonchev–Trinajstić information content (AvgIpc) is 2.34. The van der Waals surface area contributed by atoms with Gasteiger partial charge in [-0.05, 0) is 19.4 Å². The van der Waals surface area contributed by atoms with Crippen molar-refractivity contribution in [2.75, 3.05) is 30.9 Å². The van der Waals surface area contributed by atoms with Crippen molar-refractivity contribution in [1.82, 2.24) is 4.98 Å². The summed E-state index contributed by atoms with van der Waals surface area (Å²) in [7, 11) is 1.72. The first kappa shape index (κ1) is 13.4. The second-order valence-corrected chi connectivity index (χ2v) is 3.69. The third kappa shape index (κ3) is 4.03. The average molecular weight is 237 g/mol. The summed E-state index contributed by atoms with van der Waals surface area (Å²) in [5.74, 6) is 0.0302. The monoisotopic (exact) mass is 237 g/mol. The highest BCUT2D eigenvalue weighted by Crippen LogP contribution is 2.20. The molecule has 0 radical (unpaired) electrons. The van der Waals surface area contributed by atoms with Crippen molar-refractivity contribution in [3.05, 3.63) is 18.5 Å². The second kappa shape index (κ2) is 6.85. The predicted molar refractivity (Wildman–Crippen MR) is 67.8 cm³/mol. The van der Waals surface area contributed by atoms with Crippen LogP contribution in [0.1, 0.15) is 19.8 Å². The molecular weight excluding hydrogens is 218 g/mol. The largest absolute Gasteiger partial charge is 0.396 e. The maximum absolute atomic E-state index is 11.9. The van der Waals surface area contributed by atoms with Crippen molar-refractivity contribution in [1.29, 1.82) is 0 Å². The van der Waals surface area contributed by atoms with Crippen LogP contribution in [0.25, 0.3) is 0 Å². The molecule has 5 nitrogen and oxygen atoms in total. The smallest absolute Gasteiger partial charge is 0.226 e. The quantitative estimate of drug-likeness (QED) is 0.760. The van der Waals surface area contributed by atoms with Crippen LogP contribution in [0.2, 0.25) is 0 Å². The van der Waals surface area contributed by atoms with Crippen LogP contribution in [-0.4, -0.2) is 31.2 Å². The second-order valence-electron chi connectivity index (χ2n) is 3.69. The number of ether oxygens (including phenoxy) is 1. The maximum Gasteiger partial charge on any atom is 0.226 e. The van der Waals surface area contributed by atoms with Gasteiger partial charge in [0.25, 0.3) is 0 Å². The molecule has 0 aliphatic carbocycles. The van der Waals surface area contributed by atoms with Crippen molar-refractivity contribution in [2.45, 2.75) is 19.8 Å². The fourth-order valence-electron chi connectivity index (χ4n) is 1.48. The molecule has 0 aliphatic heterocycles. The summed E-state index contributed by atoms with van der Waals surface area (Å²) >= 11 is 0. The summed E-state index contributed by atoms with van der Waals surface area (Å²) in [5.41, 5.74) is 6.96. The van der Waals surface area contributed by atoms with Gasteiger partial charge < -0.3 is 15.4 Å². The number of aromatic nitrogens is 1. The van der Waals surface area contributed by atoms with Gasteiger partial charge in [-0.2, -0.15) is 0 Å². The predicted octanol–water partition coefficient (Wildman–Crippen LogP) is 1.44. The summed E-state index contributed by atoms with van der Waals surface area (Å²) in [6.07, 6.45) is 4.34. The van der Waals surface area contributed by atoms with Crippen molar-refractivity contribution in [3.8, 4) is 0 Å². The Morgan fingerprint density at radius 2 is 2.35 bits per heavy atom. The van der Waals surface area contributed by atoms with E-state index in [-0.39, 0.29) is 5.91 Å². The van der Waals surface area contributed by atoms with E-state index in [2.05, 4.69) is 4.98 Å². The molecule has 0 fully saturated rings. The van der Waals surface area contributed by atoms with Gasteiger partial charge >= 0.3 is 0 Å². The van der Waals surface area contributed by atoms with E-state index >= 15 is 0 Å². The minimum absolute atomic E-state index is 0.0302. The number of pyridine rings is 1. The first-order valence-corrected chi connectivity index (χ1v) is 5.70. The fraction of sp³-hybridized carbons (Fsp3) is 0.500.